The average molecular weight is 349 g/mol. The second-order valence-corrected chi connectivity index (χ2v) is 6.59. The van der Waals surface area contributed by atoms with Crippen LogP contribution in [0.2, 0.25) is 0 Å². The Hall–Kier alpha value is -3.15. The zero-order valence-electron chi connectivity index (χ0n) is 14.2. The Morgan fingerprint density at radius 3 is 2.58 bits per heavy atom. The molecule has 26 heavy (non-hydrogen) atoms. The first-order valence-corrected chi connectivity index (χ1v) is 8.67. The predicted molar refractivity (Wildman–Crippen MR) is 95.1 cm³/mol. The molecule has 0 spiro atoms. The molecule has 0 unspecified atom stereocenters. The van der Waals surface area contributed by atoms with E-state index < -0.39 is 18.0 Å². The molecule has 2 aromatic rings. The van der Waals surface area contributed by atoms with Gasteiger partial charge in [0.05, 0.1) is 6.04 Å². The van der Waals surface area contributed by atoms with Gasteiger partial charge in [0.2, 0.25) is 0 Å². The van der Waals surface area contributed by atoms with E-state index in [2.05, 4.69) is 5.32 Å². The topological polar surface area (TPSA) is 69.7 Å². The number of rotatable bonds is 3. The maximum Gasteiger partial charge on any atom is 0.335 e. The molecule has 2 aliphatic rings. The van der Waals surface area contributed by atoms with Crippen LogP contribution in [0, 0.1) is 0 Å². The van der Waals surface area contributed by atoms with E-state index in [9.17, 15) is 14.4 Å². The Bertz CT molecular complexity index is 866. The van der Waals surface area contributed by atoms with Crippen LogP contribution in [0.1, 0.15) is 29.2 Å². The van der Waals surface area contributed by atoms with Crippen molar-refractivity contribution in [3.63, 3.8) is 0 Å². The van der Waals surface area contributed by atoms with Gasteiger partial charge in [0.25, 0.3) is 5.91 Å². The van der Waals surface area contributed by atoms with Gasteiger partial charge in [0.15, 0.2) is 0 Å². The minimum absolute atomic E-state index is 0.0810. The first kappa shape index (κ1) is 16.3. The van der Waals surface area contributed by atoms with E-state index in [4.69, 9.17) is 0 Å². The van der Waals surface area contributed by atoms with Crippen LogP contribution < -0.4 is 5.32 Å². The van der Waals surface area contributed by atoms with E-state index in [-0.39, 0.29) is 12.6 Å². The van der Waals surface area contributed by atoms with E-state index >= 15 is 0 Å². The smallest absolute Gasteiger partial charge is 0.330 e. The van der Waals surface area contributed by atoms with Gasteiger partial charge in [-0.25, -0.2) is 9.59 Å². The molecule has 2 aromatic carbocycles. The molecule has 6 heteroatoms. The van der Waals surface area contributed by atoms with E-state index in [1.54, 1.807) is 0 Å². The van der Waals surface area contributed by atoms with Gasteiger partial charge < -0.3 is 10.2 Å². The molecule has 4 rings (SSSR count). The molecule has 1 fully saturated rings. The van der Waals surface area contributed by atoms with Crippen LogP contribution in [-0.2, 0) is 17.8 Å². The molecule has 1 aliphatic heterocycles. The van der Waals surface area contributed by atoms with Gasteiger partial charge >= 0.3 is 12.1 Å². The van der Waals surface area contributed by atoms with Crippen LogP contribution in [0.15, 0.2) is 54.6 Å². The lowest BCUT2D eigenvalue weighted by Crippen LogP contribution is -2.45. The summed E-state index contributed by atoms with van der Waals surface area (Å²) < 4.78 is 0. The molecule has 1 atom stereocenters. The number of hydrogen-bond acceptors (Lipinski definition) is 3. The fourth-order valence-corrected chi connectivity index (χ4v) is 3.60. The van der Waals surface area contributed by atoms with Gasteiger partial charge in [-0.3, -0.25) is 4.79 Å². The number of fused-ring (bicyclic) bond motifs is 1. The van der Waals surface area contributed by atoms with E-state index in [1.807, 2.05) is 54.6 Å². The van der Waals surface area contributed by atoms with Gasteiger partial charge in [-0.15, -0.1) is 0 Å². The first-order valence-electron chi connectivity index (χ1n) is 8.67. The zero-order valence-corrected chi connectivity index (χ0v) is 14.2. The van der Waals surface area contributed by atoms with Crippen molar-refractivity contribution >= 4 is 18.0 Å². The lowest BCUT2D eigenvalue weighted by Gasteiger charge is -2.19. The van der Waals surface area contributed by atoms with Gasteiger partial charge in [0.1, 0.15) is 6.54 Å². The van der Waals surface area contributed by atoms with Crippen molar-refractivity contribution in [2.75, 3.05) is 6.54 Å². The number of aryl methyl sites for hydroxylation is 1. The Labute approximate surface area is 151 Å². The maximum absolute atomic E-state index is 12.6. The van der Waals surface area contributed by atoms with Gasteiger partial charge in [-0.05, 0) is 29.5 Å². The molecule has 1 heterocycles. The fourth-order valence-electron chi connectivity index (χ4n) is 3.60. The highest BCUT2D eigenvalue weighted by atomic mass is 16.2. The molecule has 132 valence electrons. The molecule has 1 N–H and O–H groups in total. The number of carbonyl (C=O) groups excluding carboxylic acids is 3. The second-order valence-electron chi connectivity index (χ2n) is 6.59. The third kappa shape index (κ3) is 2.94. The lowest BCUT2D eigenvalue weighted by molar-refractivity contribution is -0.123. The molecule has 0 aromatic heterocycles. The van der Waals surface area contributed by atoms with Crippen LogP contribution in [-0.4, -0.2) is 34.3 Å². The van der Waals surface area contributed by atoms with Crippen LogP contribution >= 0.6 is 0 Å². The normalized spacial score (nSPS) is 19.0. The molecule has 0 radical (unpaired) electrons. The van der Waals surface area contributed by atoms with Crippen LogP contribution in [0.5, 0.6) is 0 Å². The number of nitrogens with zero attached hydrogens (tertiary/aromatic N) is 2. The summed E-state index contributed by atoms with van der Waals surface area (Å²) in [6.45, 7) is 0.226. The Balaban J connectivity index is 1.45. The lowest BCUT2D eigenvalue weighted by atomic mass is 10.1. The number of benzene rings is 2. The number of amides is 5. The predicted octanol–water partition coefficient (Wildman–Crippen LogP) is 2.85. The Morgan fingerprint density at radius 2 is 1.77 bits per heavy atom. The molecule has 0 bridgehead atoms. The average Bonchev–Trinajstić information content (AvgIpc) is 3.17. The SMILES string of the molecule is O=C1CN(Cc2ccccc2)C(=O)N1C(=O)N[C@@H]1CCc2ccccc21. The van der Waals surface area contributed by atoms with Crippen molar-refractivity contribution in [3.05, 3.63) is 71.3 Å². The van der Waals surface area contributed by atoms with Crippen molar-refractivity contribution in [3.8, 4) is 0 Å². The molecule has 6 nitrogen and oxygen atoms in total. The maximum atomic E-state index is 12.6. The highest BCUT2D eigenvalue weighted by Gasteiger charge is 2.41. The molecule has 5 amide bonds. The zero-order chi connectivity index (χ0) is 18.1. The highest BCUT2D eigenvalue weighted by Crippen LogP contribution is 2.31. The molecule has 0 saturated carbocycles. The first-order chi connectivity index (χ1) is 12.6. The highest BCUT2D eigenvalue weighted by molar-refractivity contribution is 6.14. The van der Waals surface area contributed by atoms with Crippen LogP contribution in [0.4, 0.5) is 9.59 Å². The molecule has 1 aliphatic carbocycles. The summed E-state index contributed by atoms with van der Waals surface area (Å²) in [4.78, 5) is 39.5. The summed E-state index contributed by atoms with van der Waals surface area (Å²) in [6, 6.07) is 15.9. The van der Waals surface area contributed by atoms with E-state index in [1.165, 1.54) is 10.5 Å². The van der Waals surface area contributed by atoms with Crippen molar-refractivity contribution in [1.82, 2.24) is 15.1 Å². The number of carbonyl (C=O) groups is 3. The van der Waals surface area contributed by atoms with E-state index in [0.29, 0.717) is 6.54 Å². The molecular weight excluding hydrogens is 330 g/mol. The molecular formula is C20H19N3O3. The third-order valence-corrected chi connectivity index (χ3v) is 4.89. The van der Waals surface area contributed by atoms with Crippen molar-refractivity contribution in [2.45, 2.75) is 25.4 Å². The third-order valence-electron chi connectivity index (χ3n) is 4.89. The van der Waals surface area contributed by atoms with Crippen molar-refractivity contribution < 1.29 is 14.4 Å². The molecule has 1 saturated heterocycles. The summed E-state index contributed by atoms with van der Waals surface area (Å²) in [6.07, 6.45) is 1.65. The summed E-state index contributed by atoms with van der Waals surface area (Å²) in [5.74, 6) is -0.491. The minimum atomic E-state index is -0.641. The number of hydrogen-bond donors (Lipinski definition) is 1. The summed E-state index contributed by atoms with van der Waals surface area (Å²) >= 11 is 0. The minimum Gasteiger partial charge on any atom is -0.330 e. The van der Waals surface area contributed by atoms with Crippen molar-refractivity contribution in [2.24, 2.45) is 0 Å². The number of nitrogens with one attached hydrogen (secondary N) is 1. The second kappa shape index (κ2) is 6.63. The fraction of sp³-hybridized carbons (Fsp3) is 0.250. The largest absolute Gasteiger partial charge is 0.335 e. The van der Waals surface area contributed by atoms with Crippen LogP contribution in [0.25, 0.3) is 0 Å². The van der Waals surface area contributed by atoms with Crippen LogP contribution in [0.3, 0.4) is 0 Å². The summed E-state index contributed by atoms with van der Waals surface area (Å²) in [5, 5.41) is 2.84. The summed E-state index contributed by atoms with van der Waals surface area (Å²) in [7, 11) is 0. The summed E-state index contributed by atoms with van der Waals surface area (Å²) in [5.41, 5.74) is 3.17. The monoisotopic (exact) mass is 349 g/mol. The van der Waals surface area contributed by atoms with E-state index in [0.717, 1.165) is 28.9 Å². The number of urea groups is 2. The van der Waals surface area contributed by atoms with Crippen molar-refractivity contribution in [1.29, 1.82) is 0 Å². The number of imide groups is 3. The van der Waals surface area contributed by atoms with Gasteiger partial charge in [0, 0.05) is 6.54 Å². The standard InChI is InChI=1S/C20H19N3O3/c24-18-13-22(12-14-6-2-1-3-7-14)20(26)23(18)19(25)21-17-11-10-15-8-4-5-9-16(15)17/h1-9,17H,10-13H2,(H,21,25)/t17-/m1/s1. The van der Waals surface area contributed by atoms with Gasteiger partial charge in [-0.1, -0.05) is 54.6 Å². The Kier molecular flexibility index (Phi) is 4.16. The van der Waals surface area contributed by atoms with Gasteiger partial charge in [-0.2, -0.15) is 4.90 Å². The Morgan fingerprint density at radius 1 is 1.04 bits per heavy atom. The quantitative estimate of drug-likeness (QED) is 0.866.